The van der Waals surface area contributed by atoms with Crippen molar-refractivity contribution in [1.29, 1.82) is 0 Å². The van der Waals surface area contributed by atoms with E-state index in [4.69, 9.17) is 0 Å². The predicted octanol–water partition coefficient (Wildman–Crippen LogP) is 1.63. The quantitative estimate of drug-likeness (QED) is 0.622. The second-order valence-corrected chi connectivity index (χ2v) is 4.39. The lowest BCUT2D eigenvalue weighted by Crippen LogP contribution is -2.10. The monoisotopic (exact) mass is 281 g/mol. The molecule has 5 nitrogen and oxygen atoms in total. The molecule has 0 saturated carbocycles. The Hall–Kier alpha value is -1.64. The van der Waals surface area contributed by atoms with Gasteiger partial charge in [-0.2, -0.15) is 13.2 Å². The van der Waals surface area contributed by atoms with Crippen molar-refractivity contribution in [3.8, 4) is 0 Å². The Kier molecular flexibility index (Phi) is 4.28. The van der Waals surface area contributed by atoms with Crippen LogP contribution in [-0.4, -0.2) is 42.3 Å². The summed E-state index contributed by atoms with van der Waals surface area (Å²) >= 11 is 0.291. The van der Waals surface area contributed by atoms with E-state index in [-0.39, 0.29) is 10.6 Å². The summed E-state index contributed by atoms with van der Waals surface area (Å²) in [6.07, 6.45) is -3.25. The molecule has 0 spiro atoms. The summed E-state index contributed by atoms with van der Waals surface area (Å²) in [5.41, 5.74) is -0.0736. The smallest absolute Gasteiger partial charge is 0.445 e. The predicted molar refractivity (Wildman–Crippen MR) is 58.6 cm³/mol. The maximum Gasteiger partial charge on any atom is 0.445 e. The fraction of sp³-hybridized carbons (Fsp3) is 0.444. The lowest BCUT2D eigenvalue weighted by atomic mass is 10.3. The summed E-state index contributed by atoms with van der Waals surface area (Å²) in [5.74, 6) is -0.770. The number of methoxy groups -OCH3 is 1. The number of ether oxygens (including phenoxy) is 1. The molecule has 0 bridgehead atoms. The summed E-state index contributed by atoms with van der Waals surface area (Å²) in [7, 11) is 4.38. The first kappa shape index (κ1) is 14.4. The van der Waals surface area contributed by atoms with Gasteiger partial charge >= 0.3 is 12.1 Å². The van der Waals surface area contributed by atoms with Crippen molar-refractivity contribution < 1.29 is 22.7 Å². The van der Waals surface area contributed by atoms with Gasteiger partial charge in [-0.3, -0.25) is 0 Å². The molecular weight excluding hydrogens is 271 g/mol. The van der Waals surface area contributed by atoms with Crippen molar-refractivity contribution >= 4 is 22.9 Å². The molecule has 0 radical (unpaired) electrons. The Bertz CT molecular complexity index is 468. The zero-order chi connectivity index (χ0) is 13.9. The van der Waals surface area contributed by atoms with Crippen molar-refractivity contribution in [3.05, 3.63) is 16.2 Å². The van der Waals surface area contributed by atoms with Crippen LogP contribution in [0.2, 0.25) is 0 Å². The molecule has 0 fully saturated rings. The number of nitrogens with zero attached hydrogens (tertiary/aromatic N) is 3. The minimum Gasteiger partial charge on any atom is -0.465 e. The normalized spacial score (nSPS) is 12.4. The highest BCUT2D eigenvalue weighted by Crippen LogP contribution is 2.33. The van der Waals surface area contributed by atoms with Crippen LogP contribution in [-0.2, 0) is 15.7 Å². The minimum atomic E-state index is -4.57. The van der Waals surface area contributed by atoms with Crippen LogP contribution >= 0.6 is 11.3 Å². The average molecular weight is 281 g/mol. The second kappa shape index (κ2) is 5.34. The molecular formula is C9H10F3N3O2S. The molecule has 1 heterocycles. The fourth-order valence-electron chi connectivity index (χ4n) is 1.01. The van der Waals surface area contributed by atoms with Gasteiger partial charge in [-0.05, 0) is 0 Å². The molecule has 0 atom stereocenters. The zero-order valence-electron chi connectivity index (χ0n) is 9.78. The van der Waals surface area contributed by atoms with Crippen molar-refractivity contribution in [2.45, 2.75) is 6.18 Å². The first-order valence-electron chi connectivity index (χ1n) is 4.63. The first-order chi connectivity index (χ1) is 8.25. The third-order valence-electron chi connectivity index (χ3n) is 1.69. The van der Waals surface area contributed by atoms with Crippen LogP contribution < -0.4 is 0 Å². The molecule has 9 heteroatoms. The van der Waals surface area contributed by atoms with Crippen LogP contribution in [0.15, 0.2) is 6.20 Å². The molecule has 100 valence electrons. The van der Waals surface area contributed by atoms with E-state index in [9.17, 15) is 18.0 Å². The van der Waals surface area contributed by atoms with Crippen molar-refractivity contribution in [2.75, 3.05) is 21.2 Å². The van der Waals surface area contributed by atoms with E-state index in [1.165, 1.54) is 11.1 Å². The topological polar surface area (TPSA) is 55.3 Å². The van der Waals surface area contributed by atoms with Gasteiger partial charge in [0.2, 0.25) is 5.01 Å². The second-order valence-electron chi connectivity index (χ2n) is 3.41. The average Bonchev–Trinajstić information content (AvgIpc) is 2.73. The highest BCUT2D eigenvalue weighted by atomic mass is 32.1. The van der Waals surface area contributed by atoms with Gasteiger partial charge < -0.3 is 9.64 Å². The molecule has 0 unspecified atom stereocenters. The van der Waals surface area contributed by atoms with E-state index in [1.807, 2.05) is 0 Å². The number of alkyl halides is 3. The molecule has 0 aromatic carbocycles. The highest BCUT2D eigenvalue weighted by molar-refractivity contribution is 7.12. The highest BCUT2D eigenvalue weighted by Gasteiger charge is 2.36. The molecule has 1 rings (SSSR count). The van der Waals surface area contributed by atoms with Gasteiger partial charge in [-0.1, -0.05) is 11.3 Å². The van der Waals surface area contributed by atoms with Crippen LogP contribution in [0, 0.1) is 0 Å². The van der Waals surface area contributed by atoms with Crippen molar-refractivity contribution in [3.63, 3.8) is 0 Å². The van der Waals surface area contributed by atoms with E-state index in [2.05, 4.69) is 14.9 Å². The van der Waals surface area contributed by atoms with Gasteiger partial charge in [0.05, 0.1) is 7.11 Å². The number of hydrogen-bond donors (Lipinski definition) is 0. The fourth-order valence-corrected chi connectivity index (χ4v) is 1.72. The van der Waals surface area contributed by atoms with E-state index in [0.717, 1.165) is 7.11 Å². The summed E-state index contributed by atoms with van der Waals surface area (Å²) in [6.45, 7) is 0. The van der Waals surface area contributed by atoms with Crippen LogP contribution in [0.4, 0.5) is 13.2 Å². The molecule has 0 amide bonds. The maximum absolute atomic E-state index is 12.4. The Morgan fingerprint density at radius 1 is 1.39 bits per heavy atom. The van der Waals surface area contributed by atoms with E-state index in [1.54, 1.807) is 14.1 Å². The number of carbonyl (C=O) groups excluding carboxylic acids is 1. The first-order valence-corrected chi connectivity index (χ1v) is 5.45. The van der Waals surface area contributed by atoms with Gasteiger partial charge in [0, 0.05) is 20.3 Å². The van der Waals surface area contributed by atoms with Crippen molar-refractivity contribution in [2.24, 2.45) is 0 Å². The Balaban J connectivity index is 3.16. The Morgan fingerprint density at radius 3 is 2.39 bits per heavy atom. The number of rotatable bonds is 3. The Morgan fingerprint density at radius 2 is 2.00 bits per heavy atom. The van der Waals surface area contributed by atoms with Crippen LogP contribution in [0.1, 0.15) is 10.0 Å². The number of hydrogen-bond acceptors (Lipinski definition) is 6. The minimum absolute atomic E-state index is 0.0736. The number of aromatic nitrogens is 2. The third-order valence-corrected chi connectivity index (χ3v) is 2.69. The van der Waals surface area contributed by atoms with Gasteiger partial charge in [0.25, 0.3) is 0 Å². The SMILES string of the molecule is COC(=O)/C(=C/N(C)C)c1nnc(C(F)(F)F)s1. The van der Waals surface area contributed by atoms with Gasteiger partial charge in [-0.15, -0.1) is 10.2 Å². The zero-order valence-corrected chi connectivity index (χ0v) is 10.6. The summed E-state index contributed by atoms with van der Waals surface area (Å²) in [6, 6.07) is 0. The summed E-state index contributed by atoms with van der Waals surface area (Å²) in [4.78, 5) is 12.9. The third kappa shape index (κ3) is 3.42. The largest absolute Gasteiger partial charge is 0.465 e. The van der Waals surface area contributed by atoms with Gasteiger partial charge in [0.15, 0.2) is 5.01 Å². The number of halogens is 3. The standard InChI is InChI=1S/C9H10F3N3O2S/c1-15(2)4-5(7(16)17-3)6-13-14-8(18-6)9(10,11)12/h4H,1-3H3/b5-4+. The summed E-state index contributed by atoms with van der Waals surface area (Å²) in [5, 5.41) is 5.12. The van der Waals surface area contributed by atoms with E-state index < -0.39 is 17.2 Å². The molecule has 0 aliphatic carbocycles. The van der Waals surface area contributed by atoms with E-state index in [0.29, 0.717) is 11.3 Å². The molecule has 0 saturated heterocycles. The van der Waals surface area contributed by atoms with Gasteiger partial charge in [-0.25, -0.2) is 4.79 Å². The molecule has 0 aliphatic rings. The molecule has 0 N–H and O–H groups in total. The van der Waals surface area contributed by atoms with Crippen LogP contribution in [0.3, 0.4) is 0 Å². The lowest BCUT2D eigenvalue weighted by Gasteiger charge is -2.07. The molecule has 0 aliphatic heterocycles. The lowest BCUT2D eigenvalue weighted by molar-refractivity contribution is -0.138. The molecule has 18 heavy (non-hydrogen) atoms. The van der Waals surface area contributed by atoms with Gasteiger partial charge in [0.1, 0.15) is 5.57 Å². The number of carbonyl (C=O) groups is 1. The number of esters is 1. The van der Waals surface area contributed by atoms with Crippen LogP contribution in [0.25, 0.3) is 5.57 Å². The van der Waals surface area contributed by atoms with Crippen molar-refractivity contribution in [1.82, 2.24) is 15.1 Å². The Labute approximate surface area is 105 Å². The van der Waals surface area contributed by atoms with E-state index >= 15 is 0 Å². The van der Waals surface area contributed by atoms with Crippen LogP contribution in [0.5, 0.6) is 0 Å². The maximum atomic E-state index is 12.4. The molecule has 1 aromatic rings. The summed E-state index contributed by atoms with van der Waals surface area (Å²) < 4.78 is 41.6. The molecule has 1 aromatic heterocycles.